The number of rotatable bonds is 6. The number of hydrogen-bond donors (Lipinski definition) is 0. The number of hydrogen-bond acceptors (Lipinski definition) is 0. The molecular weight excluding hydrogens is 677 g/mol. The van der Waals surface area contributed by atoms with Gasteiger partial charge < -0.3 is 9.13 Å². The molecule has 7 aromatic rings. The molecule has 2 aromatic heterocycles. The molecule has 0 saturated carbocycles. The van der Waals surface area contributed by atoms with Crippen molar-refractivity contribution in [3.8, 4) is 16.8 Å². The van der Waals surface area contributed by atoms with Gasteiger partial charge >= 0.3 is 0 Å². The molecule has 0 spiro atoms. The Balaban J connectivity index is 0.993. The smallest absolute Gasteiger partial charge is 0.0544 e. The molecule has 2 nitrogen and oxygen atoms in total. The summed E-state index contributed by atoms with van der Waals surface area (Å²) in [5.74, 6) is 0.844. The Labute approximate surface area is 329 Å². The molecule has 2 heteroatoms. The van der Waals surface area contributed by atoms with E-state index < -0.39 is 0 Å². The number of para-hydroxylation sites is 1. The first kappa shape index (κ1) is 33.0. The minimum atomic E-state index is 0.352. The summed E-state index contributed by atoms with van der Waals surface area (Å²) in [5, 5.41) is 3.95. The van der Waals surface area contributed by atoms with Crippen molar-refractivity contribution >= 4 is 50.1 Å². The number of nitrogens with zero attached hydrogens (tertiary/aromatic N) is 2. The van der Waals surface area contributed by atoms with Gasteiger partial charge in [0, 0.05) is 45.1 Å². The van der Waals surface area contributed by atoms with E-state index in [1.165, 1.54) is 88.8 Å². The van der Waals surface area contributed by atoms with Crippen LogP contribution >= 0.6 is 0 Å². The molecule has 2 heterocycles. The van der Waals surface area contributed by atoms with E-state index in [1.54, 1.807) is 0 Å². The van der Waals surface area contributed by atoms with Crippen molar-refractivity contribution in [1.29, 1.82) is 0 Å². The van der Waals surface area contributed by atoms with E-state index in [9.17, 15) is 0 Å². The van der Waals surface area contributed by atoms with Crippen molar-refractivity contribution in [2.45, 2.75) is 44.4 Å². The Morgan fingerprint density at radius 2 is 1.30 bits per heavy atom. The van der Waals surface area contributed by atoms with E-state index in [1.807, 2.05) is 0 Å². The highest BCUT2D eigenvalue weighted by Crippen LogP contribution is 2.41. The SMILES string of the molecule is C1=CCC(C2=CCCC(c3ccc(-n4c5c(c6ccc(-c7ccc8c9ccccc9n(C9=CC=CC(c%10ccccc%10)C9)c8c7)cc64)CCC=C5)cc3)=C2)C=C1. The number of fused-ring (bicyclic) bond motifs is 6. The number of aromatic nitrogens is 2. The van der Waals surface area contributed by atoms with Crippen LogP contribution in [0, 0.1) is 5.92 Å². The summed E-state index contributed by atoms with van der Waals surface area (Å²) >= 11 is 0. The van der Waals surface area contributed by atoms with Gasteiger partial charge in [-0.15, -0.1) is 0 Å². The van der Waals surface area contributed by atoms with Gasteiger partial charge in [-0.25, -0.2) is 0 Å². The minimum Gasteiger partial charge on any atom is -0.313 e. The molecule has 0 radical (unpaired) electrons. The maximum atomic E-state index is 2.52. The molecule has 0 bridgehead atoms. The fourth-order valence-corrected chi connectivity index (χ4v) is 9.77. The Morgan fingerprint density at radius 3 is 2.14 bits per heavy atom. The lowest BCUT2D eigenvalue weighted by Gasteiger charge is -2.21. The first-order chi connectivity index (χ1) is 27.8. The second-order valence-electron chi connectivity index (χ2n) is 15.8. The van der Waals surface area contributed by atoms with Gasteiger partial charge in [0.25, 0.3) is 0 Å². The highest BCUT2D eigenvalue weighted by atomic mass is 15.0. The van der Waals surface area contributed by atoms with Crippen molar-refractivity contribution in [2.75, 3.05) is 0 Å². The van der Waals surface area contributed by atoms with Crippen molar-refractivity contribution < 1.29 is 0 Å². The van der Waals surface area contributed by atoms with E-state index in [-0.39, 0.29) is 0 Å². The Hall–Kier alpha value is -6.38. The summed E-state index contributed by atoms with van der Waals surface area (Å²) in [4.78, 5) is 0. The highest BCUT2D eigenvalue weighted by molar-refractivity contribution is 6.11. The second-order valence-corrected chi connectivity index (χ2v) is 15.8. The molecule has 11 rings (SSSR count). The Kier molecular flexibility index (Phi) is 8.09. The first-order valence-electron chi connectivity index (χ1n) is 20.4. The molecule has 270 valence electrons. The van der Waals surface area contributed by atoms with Crippen molar-refractivity contribution in [1.82, 2.24) is 9.13 Å². The maximum Gasteiger partial charge on any atom is 0.0544 e. The van der Waals surface area contributed by atoms with E-state index >= 15 is 0 Å². The minimum absolute atomic E-state index is 0.352. The number of allylic oxidation sites excluding steroid dienone is 13. The topological polar surface area (TPSA) is 9.86 Å². The summed E-state index contributed by atoms with van der Waals surface area (Å²) in [7, 11) is 0. The fraction of sp³-hybridized carbons (Fsp3) is 0.148. The van der Waals surface area contributed by atoms with Crippen LogP contribution in [0.5, 0.6) is 0 Å². The van der Waals surface area contributed by atoms with Gasteiger partial charge in [-0.3, -0.25) is 0 Å². The highest BCUT2D eigenvalue weighted by Gasteiger charge is 2.22. The van der Waals surface area contributed by atoms with Crippen molar-refractivity contribution in [2.24, 2.45) is 5.92 Å². The van der Waals surface area contributed by atoms with Gasteiger partial charge in [-0.2, -0.15) is 0 Å². The normalized spacial score (nSPS) is 19.0. The van der Waals surface area contributed by atoms with Gasteiger partial charge in [-0.05, 0) is 120 Å². The molecule has 5 aromatic carbocycles. The molecule has 0 N–H and O–H groups in total. The van der Waals surface area contributed by atoms with Crippen LogP contribution in [0.15, 0.2) is 182 Å². The molecule has 2 unspecified atom stereocenters. The average Bonchev–Trinajstić information content (AvgIpc) is 3.79. The number of benzene rings is 5. The summed E-state index contributed by atoms with van der Waals surface area (Å²) in [6.07, 6.45) is 31.9. The average molecular weight is 721 g/mol. The van der Waals surface area contributed by atoms with Crippen LogP contribution in [0.1, 0.15) is 60.4 Å². The van der Waals surface area contributed by atoms with Gasteiger partial charge in [0.15, 0.2) is 0 Å². The third-order valence-electron chi connectivity index (χ3n) is 12.6. The summed E-state index contributed by atoms with van der Waals surface area (Å²) in [6, 6.07) is 43.4. The predicted octanol–water partition coefficient (Wildman–Crippen LogP) is 14.2. The molecular formula is C54H44N2. The van der Waals surface area contributed by atoms with Crippen LogP contribution in [-0.2, 0) is 6.42 Å². The maximum absolute atomic E-state index is 2.52. The van der Waals surface area contributed by atoms with E-state index in [2.05, 4.69) is 191 Å². The van der Waals surface area contributed by atoms with Gasteiger partial charge in [0.2, 0.25) is 0 Å². The molecule has 4 aliphatic carbocycles. The third kappa shape index (κ3) is 5.63. The monoisotopic (exact) mass is 720 g/mol. The second kappa shape index (κ2) is 13.7. The zero-order chi connectivity index (χ0) is 37.0. The zero-order valence-corrected chi connectivity index (χ0v) is 31.6. The summed E-state index contributed by atoms with van der Waals surface area (Å²) in [5.41, 5.74) is 17.2. The van der Waals surface area contributed by atoms with Crippen LogP contribution < -0.4 is 0 Å². The standard InChI is InChI=1S/C54H44N2/c1-3-13-37(14-4-1)40-17-11-18-41(33-40)39-25-29-45(30-26-39)55-51-23-9-7-21-47(51)49-31-27-43(35-53(49)55)44-28-32-50-48-22-8-10-24-52(48)56(54(50)36-44)46-20-12-19-42(34-46)38-15-5-2-6-16-38/h1-6,8-10,12-13,15-17,19-20,22-33,35-37,42H,7,11,14,18,21,34H2. The van der Waals surface area contributed by atoms with Gasteiger partial charge in [-0.1, -0.05) is 140 Å². The lowest BCUT2D eigenvalue weighted by Crippen LogP contribution is -2.06. The zero-order valence-electron chi connectivity index (χ0n) is 31.6. The van der Waals surface area contributed by atoms with Gasteiger partial charge in [0.1, 0.15) is 0 Å². The van der Waals surface area contributed by atoms with Crippen LogP contribution in [-0.4, -0.2) is 9.13 Å². The third-order valence-corrected chi connectivity index (χ3v) is 12.6. The summed E-state index contributed by atoms with van der Waals surface area (Å²) < 4.78 is 5.02. The first-order valence-corrected chi connectivity index (χ1v) is 20.4. The van der Waals surface area contributed by atoms with Gasteiger partial charge in [0.05, 0.1) is 16.6 Å². The van der Waals surface area contributed by atoms with Crippen LogP contribution in [0.3, 0.4) is 0 Å². The lowest BCUT2D eigenvalue weighted by atomic mass is 9.85. The van der Waals surface area contributed by atoms with E-state index in [0.29, 0.717) is 11.8 Å². The number of aryl methyl sites for hydroxylation is 1. The van der Waals surface area contributed by atoms with Crippen molar-refractivity contribution in [3.05, 3.63) is 204 Å². The summed E-state index contributed by atoms with van der Waals surface area (Å²) in [6.45, 7) is 0. The molecule has 56 heavy (non-hydrogen) atoms. The van der Waals surface area contributed by atoms with Crippen molar-refractivity contribution in [3.63, 3.8) is 0 Å². The van der Waals surface area contributed by atoms with E-state index in [4.69, 9.17) is 0 Å². The largest absolute Gasteiger partial charge is 0.313 e. The van der Waals surface area contributed by atoms with Crippen LogP contribution in [0.4, 0.5) is 0 Å². The van der Waals surface area contributed by atoms with Crippen LogP contribution in [0.25, 0.3) is 66.9 Å². The van der Waals surface area contributed by atoms with E-state index in [0.717, 1.165) is 38.5 Å². The molecule has 0 aliphatic heterocycles. The quantitative estimate of drug-likeness (QED) is 0.162. The Bertz CT molecular complexity index is 2890. The molecule has 0 fully saturated rings. The molecule has 0 amide bonds. The Morgan fingerprint density at radius 1 is 0.554 bits per heavy atom. The fourth-order valence-electron chi connectivity index (χ4n) is 9.77. The molecule has 2 atom stereocenters. The molecule has 4 aliphatic rings. The predicted molar refractivity (Wildman–Crippen MR) is 238 cm³/mol. The molecule has 0 saturated heterocycles. The lowest BCUT2D eigenvalue weighted by molar-refractivity contribution is 0.773. The van der Waals surface area contributed by atoms with Crippen LogP contribution in [0.2, 0.25) is 0 Å².